The zero-order valence-corrected chi connectivity index (χ0v) is 11.9. The first-order valence-corrected chi connectivity index (χ1v) is 6.67. The van der Waals surface area contributed by atoms with E-state index in [1.165, 1.54) is 11.1 Å². The van der Waals surface area contributed by atoms with Crippen molar-refractivity contribution in [2.24, 2.45) is 0 Å². The molecule has 1 N–H and O–H groups in total. The van der Waals surface area contributed by atoms with Gasteiger partial charge in [0.05, 0.1) is 19.4 Å². The van der Waals surface area contributed by atoms with E-state index in [0.717, 1.165) is 12.3 Å². The van der Waals surface area contributed by atoms with Crippen LogP contribution in [0.1, 0.15) is 16.9 Å². The molecule has 0 aliphatic heterocycles. The third kappa shape index (κ3) is 4.24. The van der Waals surface area contributed by atoms with Crippen molar-refractivity contribution in [3.05, 3.63) is 59.5 Å². The third-order valence-electron chi connectivity index (χ3n) is 3.15. The molecule has 2 aromatic rings. The molecule has 1 heterocycles. The van der Waals surface area contributed by atoms with Gasteiger partial charge in [-0.05, 0) is 37.2 Å². The Labute approximate surface area is 119 Å². The summed E-state index contributed by atoms with van der Waals surface area (Å²) in [6, 6.07) is 11.9. The molecule has 1 aromatic heterocycles. The van der Waals surface area contributed by atoms with Gasteiger partial charge >= 0.3 is 0 Å². The Balaban J connectivity index is 1.78. The second-order valence-electron chi connectivity index (χ2n) is 4.95. The highest BCUT2D eigenvalue weighted by atomic mass is 16.3. The molecule has 0 aliphatic rings. The summed E-state index contributed by atoms with van der Waals surface area (Å²) in [7, 11) is 1.94. The number of amides is 1. The minimum Gasteiger partial charge on any atom is -0.467 e. The first-order valence-electron chi connectivity index (χ1n) is 6.67. The predicted octanol–water partition coefficient (Wildman–Crippen LogP) is 2.34. The van der Waals surface area contributed by atoms with Gasteiger partial charge in [-0.3, -0.25) is 9.69 Å². The summed E-state index contributed by atoms with van der Waals surface area (Å²) in [5.41, 5.74) is 2.49. The summed E-state index contributed by atoms with van der Waals surface area (Å²) in [6.07, 6.45) is 1.60. The van der Waals surface area contributed by atoms with Crippen LogP contribution in [0.25, 0.3) is 0 Å². The first-order chi connectivity index (χ1) is 9.65. The van der Waals surface area contributed by atoms with Crippen LogP contribution in [0.5, 0.6) is 0 Å². The highest BCUT2D eigenvalue weighted by molar-refractivity contribution is 5.77. The van der Waals surface area contributed by atoms with E-state index in [4.69, 9.17) is 4.42 Å². The van der Waals surface area contributed by atoms with E-state index in [2.05, 4.69) is 24.4 Å². The molecule has 0 unspecified atom stereocenters. The molecular weight excluding hydrogens is 252 g/mol. The molecule has 0 bridgehead atoms. The Hall–Kier alpha value is -2.07. The number of carbonyl (C=O) groups is 1. The smallest absolute Gasteiger partial charge is 0.234 e. The minimum absolute atomic E-state index is 0.00233. The van der Waals surface area contributed by atoms with Gasteiger partial charge in [0, 0.05) is 6.54 Å². The van der Waals surface area contributed by atoms with Gasteiger partial charge in [0.2, 0.25) is 5.91 Å². The first kappa shape index (κ1) is 14.3. The van der Waals surface area contributed by atoms with Crippen molar-refractivity contribution < 1.29 is 9.21 Å². The maximum atomic E-state index is 11.8. The normalized spacial score (nSPS) is 10.8. The molecule has 0 radical (unpaired) electrons. The van der Waals surface area contributed by atoms with Crippen LogP contribution in [-0.2, 0) is 17.9 Å². The van der Waals surface area contributed by atoms with Crippen LogP contribution in [0.4, 0.5) is 0 Å². The number of likely N-dealkylation sites (N-methyl/N-ethyl adjacent to an activating group) is 1. The van der Waals surface area contributed by atoms with Crippen LogP contribution < -0.4 is 5.32 Å². The van der Waals surface area contributed by atoms with E-state index in [1.54, 1.807) is 6.26 Å². The lowest BCUT2D eigenvalue weighted by Gasteiger charge is -2.17. The topological polar surface area (TPSA) is 45.5 Å². The number of carbonyl (C=O) groups excluding carboxylic acids is 1. The molecule has 0 aliphatic carbocycles. The van der Waals surface area contributed by atoms with Crippen LogP contribution in [0.2, 0.25) is 0 Å². The Morgan fingerprint density at radius 2 is 2.05 bits per heavy atom. The van der Waals surface area contributed by atoms with Crippen LogP contribution in [0, 0.1) is 6.92 Å². The van der Waals surface area contributed by atoms with Gasteiger partial charge in [0.15, 0.2) is 0 Å². The predicted molar refractivity (Wildman–Crippen MR) is 78.1 cm³/mol. The molecule has 1 aromatic carbocycles. The minimum atomic E-state index is -0.00233. The fraction of sp³-hybridized carbons (Fsp3) is 0.312. The van der Waals surface area contributed by atoms with Crippen molar-refractivity contribution in [1.29, 1.82) is 0 Å². The number of benzene rings is 1. The number of furan rings is 1. The van der Waals surface area contributed by atoms with Crippen molar-refractivity contribution in [1.82, 2.24) is 10.2 Å². The molecule has 1 amide bonds. The Morgan fingerprint density at radius 3 is 2.75 bits per heavy atom. The SMILES string of the molecule is Cc1ccccc1CN(C)CC(=O)NCc1ccco1. The van der Waals surface area contributed by atoms with Gasteiger partial charge in [0.25, 0.3) is 0 Å². The summed E-state index contributed by atoms with van der Waals surface area (Å²) >= 11 is 0. The molecule has 0 saturated heterocycles. The fourth-order valence-electron chi connectivity index (χ4n) is 2.03. The Bertz CT molecular complexity index is 549. The number of hydrogen-bond acceptors (Lipinski definition) is 3. The van der Waals surface area contributed by atoms with Gasteiger partial charge in [0.1, 0.15) is 5.76 Å². The van der Waals surface area contributed by atoms with E-state index in [-0.39, 0.29) is 5.91 Å². The van der Waals surface area contributed by atoms with Gasteiger partial charge in [-0.15, -0.1) is 0 Å². The van der Waals surface area contributed by atoms with E-state index in [9.17, 15) is 4.79 Å². The number of hydrogen-bond donors (Lipinski definition) is 1. The van der Waals surface area contributed by atoms with Crippen molar-refractivity contribution >= 4 is 5.91 Å². The number of nitrogens with one attached hydrogen (secondary N) is 1. The number of rotatable bonds is 6. The van der Waals surface area contributed by atoms with Gasteiger partial charge in [-0.25, -0.2) is 0 Å². The standard InChI is InChI=1S/C16H20N2O2/c1-13-6-3-4-7-14(13)11-18(2)12-16(19)17-10-15-8-5-9-20-15/h3-9H,10-12H2,1-2H3,(H,17,19). The summed E-state index contributed by atoms with van der Waals surface area (Å²) in [6.45, 7) is 3.65. The van der Waals surface area contributed by atoms with Crippen LogP contribution in [0.3, 0.4) is 0 Å². The molecule has 4 heteroatoms. The average molecular weight is 272 g/mol. The molecule has 106 valence electrons. The largest absolute Gasteiger partial charge is 0.467 e. The highest BCUT2D eigenvalue weighted by Crippen LogP contribution is 2.09. The molecule has 0 saturated carbocycles. The fourth-order valence-corrected chi connectivity index (χ4v) is 2.03. The monoisotopic (exact) mass is 272 g/mol. The second kappa shape index (κ2) is 6.91. The van der Waals surface area contributed by atoms with Crippen LogP contribution in [0.15, 0.2) is 47.1 Å². The van der Waals surface area contributed by atoms with Gasteiger partial charge < -0.3 is 9.73 Å². The molecule has 2 rings (SSSR count). The quantitative estimate of drug-likeness (QED) is 0.878. The van der Waals surface area contributed by atoms with Gasteiger partial charge in [-0.2, -0.15) is 0 Å². The molecule has 0 atom stereocenters. The number of nitrogens with zero attached hydrogens (tertiary/aromatic N) is 1. The van der Waals surface area contributed by atoms with E-state index in [1.807, 2.05) is 36.2 Å². The van der Waals surface area contributed by atoms with E-state index >= 15 is 0 Å². The van der Waals surface area contributed by atoms with Crippen molar-refractivity contribution in [3.8, 4) is 0 Å². The lowest BCUT2D eigenvalue weighted by molar-refractivity contribution is -0.122. The zero-order chi connectivity index (χ0) is 14.4. The molecule has 4 nitrogen and oxygen atoms in total. The molecular formula is C16H20N2O2. The summed E-state index contributed by atoms with van der Waals surface area (Å²) in [4.78, 5) is 13.8. The highest BCUT2D eigenvalue weighted by Gasteiger charge is 2.08. The summed E-state index contributed by atoms with van der Waals surface area (Å²) in [5.74, 6) is 0.761. The molecule has 0 spiro atoms. The Kier molecular flexibility index (Phi) is 4.96. The Morgan fingerprint density at radius 1 is 1.25 bits per heavy atom. The lowest BCUT2D eigenvalue weighted by atomic mass is 10.1. The van der Waals surface area contributed by atoms with Crippen LogP contribution in [-0.4, -0.2) is 24.4 Å². The summed E-state index contributed by atoms with van der Waals surface area (Å²) < 4.78 is 5.17. The second-order valence-corrected chi connectivity index (χ2v) is 4.95. The van der Waals surface area contributed by atoms with E-state index < -0.39 is 0 Å². The van der Waals surface area contributed by atoms with Crippen molar-refractivity contribution in [3.63, 3.8) is 0 Å². The summed E-state index contributed by atoms with van der Waals surface area (Å²) in [5, 5.41) is 2.84. The molecule has 0 fully saturated rings. The van der Waals surface area contributed by atoms with Crippen molar-refractivity contribution in [2.75, 3.05) is 13.6 Å². The van der Waals surface area contributed by atoms with Gasteiger partial charge in [-0.1, -0.05) is 24.3 Å². The van der Waals surface area contributed by atoms with E-state index in [0.29, 0.717) is 13.1 Å². The number of aryl methyl sites for hydroxylation is 1. The van der Waals surface area contributed by atoms with Crippen LogP contribution >= 0.6 is 0 Å². The third-order valence-corrected chi connectivity index (χ3v) is 3.15. The van der Waals surface area contributed by atoms with Crippen molar-refractivity contribution in [2.45, 2.75) is 20.0 Å². The molecule has 20 heavy (non-hydrogen) atoms. The zero-order valence-electron chi connectivity index (χ0n) is 11.9. The maximum Gasteiger partial charge on any atom is 0.234 e. The lowest BCUT2D eigenvalue weighted by Crippen LogP contribution is -2.34. The average Bonchev–Trinajstić information content (AvgIpc) is 2.92. The maximum absolute atomic E-state index is 11.8.